The van der Waals surface area contributed by atoms with Crippen LogP contribution in [0.5, 0.6) is 0 Å². The van der Waals surface area contributed by atoms with Crippen LogP contribution in [0.15, 0.2) is 30.3 Å². The quantitative estimate of drug-likeness (QED) is 0.886. The van der Waals surface area contributed by atoms with Gasteiger partial charge in [0.2, 0.25) is 0 Å². The molecule has 0 saturated carbocycles. The fraction of sp³-hybridized carbons (Fsp3) is 0.600. The number of hydrogen-bond acceptors (Lipinski definition) is 3. The SMILES string of the molecule is CCC(O)CN1CCOC(C)(c2ccccc2)C1. The molecule has 0 amide bonds. The van der Waals surface area contributed by atoms with E-state index < -0.39 is 0 Å². The first-order valence-corrected chi connectivity index (χ1v) is 6.74. The summed E-state index contributed by atoms with van der Waals surface area (Å²) < 4.78 is 5.97. The van der Waals surface area contributed by atoms with E-state index in [1.807, 2.05) is 25.1 Å². The first kappa shape index (κ1) is 13.5. The summed E-state index contributed by atoms with van der Waals surface area (Å²) in [6, 6.07) is 10.3. The van der Waals surface area contributed by atoms with Gasteiger partial charge in [-0.3, -0.25) is 4.90 Å². The van der Waals surface area contributed by atoms with Gasteiger partial charge in [0.15, 0.2) is 0 Å². The van der Waals surface area contributed by atoms with Crippen molar-refractivity contribution >= 4 is 0 Å². The molecule has 1 fully saturated rings. The number of ether oxygens (including phenoxy) is 1. The Hall–Kier alpha value is -0.900. The fourth-order valence-electron chi connectivity index (χ4n) is 2.50. The number of rotatable bonds is 4. The van der Waals surface area contributed by atoms with Crippen molar-refractivity contribution in [3.8, 4) is 0 Å². The Labute approximate surface area is 109 Å². The van der Waals surface area contributed by atoms with Gasteiger partial charge in [0.05, 0.1) is 12.7 Å². The molecule has 3 heteroatoms. The molecule has 1 aromatic carbocycles. The molecule has 2 atom stereocenters. The van der Waals surface area contributed by atoms with Crippen molar-refractivity contribution in [2.75, 3.05) is 26.2 Å². The maximum absolute atomic E-state index is 9.77. The number of aliphatic hydroxyl groups is 1. The molecule has 1 aliphatic heterocycles. The Bertz CT molecular complexity index is 368. The fourth-order valence-corrected chi connectivity index (χ4v) is 2.50. The number of aliphatic hydroxyl groups excluding tert-OH is 1. The largest absolute Gasteiger partial charge is 0.392 e. The van der Waals surface area contributed by atoms with Crippen LogP contribution in [0.2, 0.25) is 0 Å². The molecule has 100 valence electrons. The highest BCUT2D eigenvalue weighted by Crippen LogP contribution is 2.29. The van der Waals surface area contributed by atoms with E-state index in [1.165, 1.54) is 5.56 Å². The van der Waals surface area contributed by atoms with Crippen LogP contribution in [-0.4, -0.2) is 42.4 Å². The molecule has 0 radical (unpaired) electrons. The average molecular weight is 249 g/mol. The third-order valence-electron chi connectivity index (χ3n) is 3.68. The standard InChI is InChI=1S/C15H23NO2/c1-3-14(17)11-16-9-10-18-15(2,12-16)13-7-5-4-6-8-13/h4-8,14,17H,3,9-12H2,1-2H3. The summed E-state index contributed by atoms with van der Waals surface area (Å²) in [7, 11) is 0. The zero-order valence-corrected chi connectivity index (χ0v) is 11.3. The molecule has 1 saturated heterocycles. The van der Waals surface area contributed by atoms with Crippen molar-refractivity contribution in [3.63, 3.8) is 0 Å². The highest BCUT2D eigenvalue weighted by Gasteiger charge is 2.33. The Morgan fingerprint density at radius 2 is 2.11 bits per heavy atom. The molecule has 1 aromatic rings. The molecule has 0 aliphatic carbocycles. The van der Waals surface area contributed by atoms with Gasteiger partial charge in [0.25, 0.3) is 0 Å². The number of β-amino-alcohol motifs (C(OH)–C–C–N with tert-alkyl or cyclic N) is 1. The molecular formula is C15H23NO2. The summed E-state index contributed by atoms with van der Waals surface area (Å²) in [6.45, 7) is 7.35. The first-order chi connectivity index (χ1) is 8.64. The van der Waals surface area contributed by atoms with Crippen molar-refractivity contribution in [2.24, 2.45) is 0 Å². The third kappa shape index (κ3) is 3.10. The van der Waals surface area contributed by atoms with Gasteiger partial charge in [-0.05, 0) is 18.9 Å². The molecule has 0 bridgehead atoms. The Kier molecular flexibility index (Phi) is 4.38. The van der Waals surface area contributed by atoms with Crippen molar-refractivity contribution < 1.29 is 9.84 Å². The van der Waals surface area contributed by atoms with Gasteiger partial charge in [-0.15, -0.1) is 0 Å². The van der Waals surface area contributed by atoms with Crippen LogP contribution < -0.4 is 0 Å². The summed E-state index contributed by atoms with van der Waals surface area (Å²) in [6.07, 6.45) is 0.572. The van der Waals surface area contributed by atoms with Crippen LogP contribution in [0, 0.1) is 0 Å². The molecule has 3 nitrogen and oxygen atoms in total. The third-order valence-corrected chi connectivity index (χ3v) is 3.68. The van der Waals surface area contributed by atoms with Gasteiger partial charge < -0.3 is 9.84 Å². The van der Waals surface area contributed by atoms with E-state index >= 15 is 0 Å². The Balaban J connectivity index is 2.05. The summed E-state index contributed by atoms with van der Waals surface area (Å²) in [5.74, 6) is 0. The highest BCUT2D eigenvalue weighted by molar-refractivity contribution is 5.22. The molecular weight excluding hydrogens is 226 g/mol. The van der Waals surface area contributed by atoms with Gasteiger partial charge in [-0.1, -0.05) is 37.3 Å². The number of benzene rings is 1. The van der Waals surface area contributed by atoms with Crippen molar-refractivity contribution in [2.45, 2.75) is 32.0 Å². The predicted octanol–water partition coefficient (Wildman–Crippen LogP) is 2.00. The molecule has 18 heavy (non-hydrogen) atoms. The molecule has 2 unspecified atom stereocenters. The zero-order chi connectivity index (χ0) is 13.0. The van der Waals surface area contributed by atoms with Gasteiger partial charge in [-0.2, -0.15) is 0 Å². The van der Waals surface area contributed by atoms with Crippen LogP contribution in [0.1, 0.15) is 25.8 Å². The summed E-state index contributed by atoms with van der Waals surface area (Å²) in [4.78, 5) is 2.30. The Morgan fingerprint density at radius 1 is 1.39 bits per heavy atom. The van der Waals surface area contributed by atoms with Crippen molar-refractivity contribution in [1.82, 2.24) is 4.90 Å². The van der Waals surface area contributed by atoms with Crippen LogP contribution in [0.4, 0.5) is 0 Å². The summed E-state index contributed by atoms with van der Waals surface area (Å²) in [5, 5.41) is 9.77. The lowest BCUT2D eigenvalue weighted by Crippen LogP contribution is -2.50. The summed E-state index contributed by atoms with van der Waals surface area (Å²) >= 11 is 0. The Morgan fingerprint density at radius 3 is 2.78 bits per heavy atom. The van der Waals surface area contributed by atoms with Crippen molar-refractivity contribution in [3.05, 3.63) is 35.9 Å². The van der Waals surface area contributed by atoms with Crippen molar-refractivity contribution in [1.29, 1.82) is 0 Å². The van der Waals surface area contributed by atoms with E-state index in [4.69, 9.17) is 4.74 Å². The second kappa shape index (κ2) is 5.83. The maximum Gasteiger partial charge on any atom is 0.103 e. The first-order valence-electron chi connectivity index (χ1n) is 6.74. The lowest BCUT2D eigenvalue weighted by Gasteiger charge is -2.41. The van der Waals surface area contributed by atoms with Gasteiger partial charge in [-0.25, -0.2) is 0 Å². The molecule has 1 aliphatic rings. The minimum atomic E-state index is -0.257. The lowest BCUT2D eigenvalue weighted by atomic mass is 9.93. The normalized spacial score (nSPS) is 27.1. The highest BCUT2D eigenvalue weighted by atomic mass is 16.5. The monoisotopic (exact) mass is 249 g/mol. The van der Waals surface area contributed by atoms with Gasteiger partial charge in [0.1, 0.15) is 5.60 Å². The van der Waals surface area contributed by atoms with Crippen LogP contribution in [0.3, 0.4) is 0 Å². The molecule has 1 N–H and O–H groups in total. The number of nitrogens with zero attached hydrogens (tertiary/aromatic N) is 1. The van der Waals surface area contributed by atoms with Gasteiger partial charge in [0, 0.05) is 19.6 Å². The molecule has 0 aromatic heterocycles. The molecule has 1 heterocycles. The second-order valence-electron chi connectivity index (χ2n) is 5.24. The number of morpholine rings is 1. The maximum atomic E-state index is 9.77. The number of hydrogen-bond donors (Lipinski definition) is 1. The average Bonchev–Trinajstić information content (AvgIpc) is 2.40. The van der Waals surface area contributed by atoms with Crippen LogP contribution in [0.25, 0.3) is 0 Å². The van der Waals surface area contributed by atoms with E-state index in [0.29, 0.717) is 0 Å². The van der Waals surface area contributed by atoms with Crippen LogP contribution in [-0.2, 0) is 10.3 Å². The second-order valence-corrected chi connectivity index (χ2v) is 5.24. The topological polar surface area (TPSA) is 32.7 Å². The smallest absolute Gasteiger partial charge is 0.103 e. The molecule has 0 spiro atoms. The van der Waals surface area contributed by atoms with E-state index in [-0.39, 0.29) is 11.7 Å². The van der Waals surface area contributed by atoms with Crippen LogP contribution >= 0.6 is 0 Å². The van der Waals surface area contributed by atoms with E-state index in [1.54, 1.807) is 0 Å². The predicted molar refractivity (Wildman–Crippen MR) is 72.5 cm³/mol. The molecule has 2 rings (SSSR count). The lowest BCUT2D eigenvalue weighted by molar-refractivity contribution is -0.109. The van der Waals surface area contributed by atoms with E-state index in [9.17, 15) is 5.11 Å². The van der Waals surface area contributed by atoms with E-state index in [0.717, 1.165) is 32.7 Å². The summed E-state index contributed by atoms with van der Waals surface area (Å²) in [5.41, 5.74) is 0.952. The zero-order valence-electron chi connectivity index (χ0n) is 11.3. The minimum absolute atomic E-state index is 0.233. The van der Waals surface area contributed by atoms with E-state index in [2.05, 4.69) is 24.0 Å². The van der Waals surface area contributed by atoms with Gasteiger partial charge >= 0.3 is 0 Å². The minimum Gasteiger partial charge on any atom is -0.392 e.